The number of carbonyl (C=O) groups is 1. The lowest BCUT2D eigenvalue weighted by Gasteiger charge is -2.00. The minimum Gasteiger partial charge on any atom is -0.481 e. The molecule has 0 atom stereocenters. The van der Waals surface area contributed by atoms with E-state index in [-0.39, 0.29) is 18.8 Å². The van der Waals surface area contributed by atoms with Gasteiger partial charge in [-0.25, -0.2) is 4.39 Å². The minimum absolute atomic E-state index is 0.0211. The lowest BCUT2D eigenvalue weighted by Crippen LogP contribution is -2.05. The van der Waals surface area contributed by atoms with Crippen LogP contribution in [0, 0.1) is 12.7 Å². The average Bonchev–Trinajstić information content (AvgIpc) is 2.54. The number of carboxylic acid groups (broad SMARTS) is 1. The van der Waals surface area contributed by atoms with E-state index in [1.165, 1.54) is 10.7 Å². The number of halogens is 1. The maximum atomic E-state index is 13.5. The molecule has 4 nitrogen and oxygen atoms in total. The number of hydrogen-bond donors (Lipinski definition) is 1. The Labute approximate surface area is 91.3 Å². The Hall–Kier alpha value is -1.91. The summed E-state index contributed by atoms with van der Waals surface area (Å²) in [4.78, 5) is 10.5. The Morgan fingerprint density at radius 3 is 3.00 bits per heavy atom. The van der Waals surface area contributed by atoms with Gasteiger partial charge in [-0.1, -0.05) is 6.07 Å². The number of aryl methyl sites for hydroxylation is 2. The molecule has 0 aliphatic carbocycles. The summed E-state index contributed by atoms with van der Waals surface area (Å²) >= 11 is 0. The van der Waals surface area contributed by atoms with E-state index in [0.29, 0.717) is 16.6 Å². The van der Waals surface area contributed by atoms with Crippen LogP contribution in [0.2, 0.25) is 0 Å². The van der Waals surface area contributed by atoms with Crippen LogP contribution in [0.3, 0.4) is 0 Å². The zero-order valence-electron chi connectivity index (χ0n) is 8.77. The first-order valence-electron chi connectivity index (χ1n) is 4.93. The van der Waals surface area contributed by atoms with Gasteiger partial charge in [0.1, 0.15) is 5.82 Å². The highest BCUT2D eigenvalue weighted by atomic mass is 19.1. The number of aliphatic carboxylic acids is 1. The van der Waals surface area contributed by atoms with Crippen molar-refractivity contribution in [2.45, 2.75) is 19.9 Å². The van der Waals surface area contributed by atoms with Crippen molar-refractivity contribution in [3.05, 3.63) is 29.7 Å². The molecule has 1 N–H and O–H groups in total. The molecule has 0 aliphatic rings. The van der Waals surface area contributed by atoms with Crippen molar-refractivity contribution in [2.75, 3.05) is 0 Å². The molecule has 1 aromatic heterocycles. The molecule has 1 aromatic carbocycles. The van der Waals surface area contributed by atoms with Crippen molar-refractivity contribution >= 4 is 16.9 Å². The highest BCUT2D eigenvalue weighted by Gasteiger charge is 2.11. The van der Waals surface area contributed by atoms with Crippen LogP contribution in [0.15, 0.2) is 18.2 Å². The number of rotatable bonds is 3. The van der Waals surface area contributed by atoms with Gasteiger partial charge in [0.25, 0.3) is 0 Å². The van der Waals surface area contributed by atoms with E-state index >= 15 is 0 Å². The lowest BCUT2D eigenvalue weighted by molar-refractivity contribution is -0.137. The van der Waals surface area contributed by atoms with E-state index in [0.717, 1.165) is 0 Å². The van der Waals surface area contributed by atoms with Gasteiger partial charge in [-0.3, -0.25) is 9.48 Å². The largest absolute Gasteiger partial charge is 0.481 e. The molecule has 1 heterocycles. The molecule has 0 unspecified atom stereocenters. The van der Waals surface area contributed by atoms with Crippen LogP contribution in [0.5, 0.6) is 0 Å². The van der Waals surface area contributed by atoms with E-state index in [2.05, 4.69) is 5.10 Å². The Balaban J connectivity index is 2.47. The molecule has 0 saturated heterocycles. The molecular formula is C11H11FN2O2. The van der Waals surface area contributed by atoms with Gasteiger partial charge in [0.05, 0.1) is 29.6 Å². The molecule has 0 bridgehead atoms. The Morgan fingerprint density at radius 1 is 1.56 bits per heavy atom. The third-order valence-electron chi connectivity index (χ3n) is 2.44. The summed E-state index contributed by atoms with van der Waals surface area (Å²) in [6.45, 7) is 1.96. The SMILES string of the molecule is Cc1nn(CCC(=O)O)c2cccc(F)c12. The number of nitrogens with zero attached hydrogens (tertiary/aromatic N) is 2. The third-order valence-corrected chi connectivity index (χ3v) is 2.44. The molecule has 84 valence electrons. The van der Waals surface area contributed by atoms with Gasteiger partial charge in [-0.05, 0) is 19.1 Å². The number of benzene rings is 1. The molecule has 0 spiro atoms. The molecule has 0 amide bonds. The molecule has 0 aliphatic heterocycles. The van der Waals surface area contributed by atoms with Gasteiger partial charge in [0.2, 0.25) is 0 Å². The number of hydrogen-bond acceptors (Lipinski definition) is 2. The van der Waals surface area contributed by atoms with Gasteiger partial charge in [0.15, 0.2) is 0 Å². The van der Waals surface area contributed by atoms with E-state index in [1.807, 2.05) is 0 Å². The summed E-state index contributed by atoms with van der Waals surface area (Å²) in [5.41, 5.74) is 1.22. The highest BCUT2D eigenvalue weighted by molar-refractivity contribution is 5.82. The Morgan fingerprint density at radius 2 is 2.31 bits per heavy atom. The summed E-state index contributed by atoms with van der Waals surface area (Å²) in [6, 6.07) is 4.70. The van der Waals surface area contributed by atoms with Crippen molar-refractivity contribution in [1.82, 2.24) is 9.78 Å². The lowest BCUT2D eigenvalue weighted by atomic mass is 10.2. The van der Waals surface area contributed by atoms with Crippen LogP contribution >= 0.6 is 0 Å². The van der Waals surface area contributed by atoms with Crippen LogP contribution in [0.4, 0.5) is 4.39 Å². The second-order valence-corrected chi connectivity index (χ2v) is 3.59. The second-order valence-electron chi connectivity index (χ2n) is 3.59. The summed E-state index contributed by atoms with van der Waals surface area (Å²) < 4.78 is 15.0. The maximum absolute atomic E-state index is 13.5. The summed E-state index contributed by atoms with van der Waals surface area (Å²) in [5.74, 6) is -1.21. The van der Waals surface area contributed by atoms with Gasteiger partial charge in [-0.15, -0.1) is 0 Å². The monoisotopic (exact) mass is 222 g/mol. The zero-order chi connectivity index (χ0) is 11.7. The van der Waals surface area contributed by atoms with Gasteiger partial charge >= 0.3 is 5.97 Å². The number of fused-ring (bicyclic) bond motifs is 1. The smallest absolute Gasteiger partial charge is 0.305 e. The van der Waals surface area contributed by atoms with E-state index in [1.54, 1.807) is 19.1 Å². The van der Waals surface area contributed by atoms with Crippen molar-refractivity contribution in [2.24, 2.45) is 0 Å². The topological polar surface area (TPSA) is 55.1 Å². The summed E-state index contributed by atoms with van der Waals surface area (Å²) in [7, 11) is 0. The molecular weight excluding hydrogens is 211 g/mol. The maximum Gasteiger partial charge on any atom is 0.305 e. The second kappa shape index (κ2) is 3.92. The minimum atomic E-state index is -0.891. The third kappa shape index (κ3) is 1.76. The average molecular weight is 222 g/mol. The van der Waals surface area contributed by atoms with E-state index in [9.17, 15) is 9.18 Å². The highest BCUT2D eigenvalue weighted by Crippen LogP contribution is 2.21. The fraction of sp³-hybridized carbons (Fsp3) is 0.273. The zero-order valence-corrected chi connectivity index (χ0v) is 8.77. The van der Waals surface area contributed by atoms with Crippen molar-refractivity contribution < 1.29 is 14.3 Å². The molecule has 5 heteroatoms. The predicted molar refractivity (Wildman–Crippen MR) is 56.7 cm³/mol. The standard InChI is InChI=1S/C11H11FN2O2/c1-7-11-8(12)3-2-4-9(11)14(13-7)6-5-10(15)16/h2-4H,5-6H2,1H3,(H,15,16). The van der Waals surface area contributed by atoms with E-state index < -0.39 is 5.97 Å². The fourth-order valence-corrected chi connectivity index (χ4v) is 1.74. The van der Waals surface area contributed by atoms with Gasteiger partial charge in [0, 0.05) is 0 Å². The van der Waals surface area contributed by atoms with Crippen LogP contribution in [0.25, 0.3) is 10.9 Å². The quantitative estimate of drug-likeness (QED) is 0.863. The molecule has 0 fully saturated rings. The Kier molecular flexibility index (Phi) is 2.60. The Bertz CT molecular complexity index is 548. The van der Waals surface area contributed by atoms with Crippen molar-refractivity contribution in [1.29, 1.82) is 0 Å². The van der Waals surface area contributed by atoms with Crippen LogP contribution < -0.4 is 0 Å². The van der Waals surface area contributed by atoms with E-state index in [4.69, 9.17) is 5.11 Å². The van der Waals surface area contributed by atoms with Gasteiger partial charge in [-0.2, -0.15) is 5.10 Å². The number of carboxylic acids is 1. The van der Waals surface area contributed by atoms with Crippen molar-refractivity contribution in [3.63, 3.8) is 0 Å². The van der Waals surface area contributed by atoms with Crippen LogP contribution in [-0.4, -0.2) is 20.9 Å². The molecule has 2 rings (SSSR count). The van der Waals surface area contributed by atoms with Crippen LogP contribution in [0.1, 0.15) is 12.1 Å². The molecule has 16 heavy (non-hydrogen) atoms. The molecule has 2 aromatic rings. The normalized spacial score (nSPS) is 10.9. The summed E-state index contributed by atoms with van der Waals surface area (Å²) in [5, 5.41) is 13.2. The number of aromatic nitrogens is 2. The molecule has 0 radical (unpaired) electrons. The summed E-state index contributed by atoms with van der Waals surface area (Å²) in [6.07, 6.45) is -0.0211. The predicted octanol–water partition coefficient (Wildman–Crippen LogP) is 1.96. The fourth-order valence-electron chi connectivity index (χ4n) is 1.74. The first-order chi connectivity index (χ1) is 7.59. The van der Waals surface area contributed by atoms with Gasteiger partial charge < -0.3 is 5.11 Å². The first kappa shape index (κ1) is 10.6. The van der Waals surface area contributed by atoms with Crippen molar-refractivity contribution in [3.8, 4) is 0 Å². The molecule has 0 saturated carbocycles. The van der Waals surface area contributed by atoms with Crippen LogP contribution in [-0.2, 0) is 11.3 Å². The first-order valence-corrected chi connectivity index (χ1v) is 4.93.